The fraction of sp³-hybridized carbons (Fsp3) is 0.462. The summed E-state index contributed by atoms with van der Waals surface area (Å²) in [7, 11) is 0. The number of unbranched alkanes of at least 4 members (excludes halogenated alkanes) is 2. The fourth-order valence-electron chi connectivity index (χ4n) is 4.61. The Hall–Kier alpha value is -3.02. The highest BCUT2D eigenvalue weighted by Gasteiger charge is 2.30. The lowest BCUT2D eigenvalue weighted by atomic mass is 10.1. The predicted molar refractivity (Wildman–Crippen MR) is 127 cm³/mol. The number of benzene rings is 1. The molecular weight excluding hydrogens is 400 g/mol. The van der Waals surface area contributed by atoms with Crippen molar-refractivity contribution in [2.24, 2.45) is 0 Å². The normalized spacial score (nSPS) is 16.7. The number of nitrogens with zero attached hydrogens (tertiary/aromatic N) is 3. The number of aromatic amines is 1. The predicted octanol–water partition coefficient (Wildman–Crippen LogP) is 5.84. The van der Waals surface area contributed by atoms with Crippen molar-refractivity contribution in [2.75, 3.05) is 24.6 Å². The molecule has 2 fully saturated rings. The number of carbonyl (C=O) groups excluding carboxylic acids is 1. The van der Waals surface area contributed by atoms with Crippen molar-refractivity contribution in [3.63, 3.8) is 0 Å². The van der Waals surface area contributed by atoms with Crippen LogP contribution in [0.25, 0.3) is 11.0 Å². The zero-order valence-electron chi connectivity index (χ0n) is 18.8. The molecular formula is C26H32N4O2. The molecule has 1 N–H and O–H groups in total. The Kier molecular flexibility index (Phi) is 6.02. The van der Waals surface area contributed by atoms with Gasteiger partial charge in [-0.1, -0.05) is 25.8 Å². The first-order valence-electron chi connectivity index (χ1n) is 12.0. The molecule has 1 aromatic carbocycles. The number of hydrogen-bond acceptors (Lipinski definition) is 3. The lowest BCUT2D eigenvalue weighted by molar-refractivity contribution is 0.192. The number of urea groups is 1. The number of aromatic nitrogens is 2. The molecule has 3 heterocycles. The maximum atomic E-state index is 13.4. The molecule has 2 aliphatic rings. The monoisotopic (exact) mass is 432 g/mol. The van der Waals surface area contributed by atoms with Crippen molar-refractivity contribution in [3.05, 3.63) is 53.9 Å². The molecule has 0 radical (unpaired) electrons. The third-order valence-electron chi connectivity index (χ3n) is 6.55. The lowest BCUT2D eigenvalue weighted by Gasteiger charge is -2.36. The van der Waals surface area contributed by atoms with Crippen LogP contribution in [0.4, 0.5) is 10.5 Å². The van der Waals surface area contributed by atoms with Crippen LogP contribution >= 0.6 is 0 Å². The summed E-state index contributed by atoms with van der Waals surface area (Å²) in [6, 6.07) is 10.5. The summed E-state index contributed by atoms with van der Waals surface area (Å²) < 4.78 is 6.21. The fourth-order valence-corrected chi connectivity index (χ4v) is 4.61. The first-order valence-corrected chi connectivity index (χ1v) is 12.0. The molecule has 2 amide bonds. The van der Waals surface area contributed by atoms with E-state index in [0.29, 0.717) is 12.5 Å². The van der Waals surface area contributed by atoms with Gasteiger partial charge in [0.1, 0.15) is 11.4 Å². The van der Waals surface area contributed by atoms with E-state index in [2.05, 4.69) is 35.1 Å². The van der Waals surface area contributed by atoms with Crippen molar-refractivity contribution >= 4 is 22.8 Å². The van der Waals surface area contributed by atoms with Crippen LogP contribution in [0.3, 0.4) is 0 Å². The third-order valence-corrected chi connectivity index (χ3v) is 6.55. The average Bonchev–Trinajstić information content (AvgIpc) is 3.54. The summed E-state index contributed by atoms with van der Waals surface area (Å²) in [5, 5.41) is 1.08. The molecule has 6 heteroatoms. The average molecular weight is 433 g/mol. The number of anilines is 1. The first kappa shape index (κ1) is 20.9. The zero-order chi connectivity index (χ0) is 21.9. The zero-order valence-corrected chi connectivity index (χ0v) is 18.8. The highest BCUT2D eigenvalue weighted by atomic mass is 16.5. The van der Waals surface area contributed by atoms with Crippen molar-refractivity contribution in [1.29, 1.82) is 0 Å². The molecule has 32 heavy (non-hydrogen) atoms. The molecule has 5 rings (SSSR count). The Morgan fingerprint density at radius 2 is 2.06 bits per heavy atom. The molecule has 6 nitrogen and oxygen atoms in total. The summed E-state index contributed by atoms with van der Waals surface area (Å²) in [5.41, 5.74) is 4.23. The summed E-state index contributed by atoms with van der Waals surface area (Å²) in [4.78, 5) is 24.8. The van der Waals surface area contributed by atoms with Crippen LogP contribution in [0.1, 0.15) is 62.5 Å². The molecule has 1 aliphatic carbocycles. The third kappa shape index (κ3) is 4.31. The van der Waals surface area contributed by atoms with Gasteiger partial charge in [-0.25, -0.2) is 9.78 Å². The van der Waals surface area contributed by atoms with Crippen molar-refractivity contribution in [1.82, 2.24) is 14.9 Å². The van der Waals surface area contributed by atoms with Gasteiger partial charge in [-0.2, -0.15) is 0 Å². The molecule has 1 saturated heterocycles. The van der Waals surface area contributed by atoms with Crippen LogP contribution in [0, 0.1) is 0 Å². The van der Waals surface area contributed by atoms with Gasteiger partial charge < -0.3 is 14.6 Å². The molecule has 0 atom stereocenters. The van der Waals surface area contributed by atoms with Crippen LogP contribution in [0.5, 0.6) is 5.75 Å². The van der Waals surface area contributed by atoms with E-state index in [9.17, 15) is 4.79 Å². The van der Waals surface area contributed by atoms with Gasteiger partial charge in [-0.15, -0.1) is 0 Å². The topological polar surface area (TPSA) is 61.5 Å². The van der Waals surface area contributed by atoms with Gasteiger partial charge in [0.05, 0.1) is 6.61 Å². The summed E-state index contributed by atoms with van der Waals surface area (Å²) in [6.07, 6.45) is 10.6. The van der Waals surface area contributed by atoms with Crippen molar-refractivity contribution < 1.29 is 9.53 Å². The maximum Gasteiger partial charge on any atom is 0.324 e. The van der Waals surface area contributed by atoms with E-state index in [1.165, 1.54) is 31.2 Å². The van der Waals surface area contributed by atoms with Crippen LogP contribution < -0.4 is 9.64 Å². The largest absolute Gasteiger partial charge is 0.493 e. The number of hydrogen-bond donors (Lipinski definition) is 1. The second-order valence-electron chi connectivity index (χ2n) is 8.97. The minimum Gasteiger partial charge on any atom is -0.493 e. The second kappa shape index (κ2) is 9.23. The van der Waals surface area contributed by atoms with Gasteiger partial charge in [-0.05, 0) is 60.9 Å². The quantitative estimate of drug-likeness (QED) is 0.432. The second-order valence-corrected chi connectivity index (χ2v) is 8.97. The number of H-pyrrole nitrogens is 1. The Bertz CT molecular complexity index is 1090. The molecule has 2 aromatic heterocycles. The number of pyridine rings is 1. The van der Waals surface area contributed by atoms with E-state index >= 15 is 0 Å². The lowest BCUT2D eigenvalue weighted by Crippen LogP contribution is -2.49. The summed E-state index contributed by atoms with van der Waals surface area (Å²) in [5.74, 6) is 1.59. The van der Waals surface area contributed by atoms with E-state index in [-0.39, 0.29) is 6.03 Å². The summed E-state index contributed by atoms with van der Waals surface area (Å²) >= 11 is 0. The first-order chi connectivity index (χ1) is 15.7. The van der Waals surface area contributed by atoms with Crippen LogP contribution in [0.2, 0.25) is 0 Å². The molecule has 1 saturated carbocycles. The molecule has 168 valence electrons. The van der Waals surface area contributed by atoms with Crippen LogP contribution in [0.15, 0.2) is 42.7 Å². The van der Waals surface area contributed by atoms with E-state index < -0.39 is 0 Å². The molecule has 3 aromatic rings. The van der Waals surface area contributed by atoms with Gasteiger partial charge in [0.25, 0.3) is 0 Å². The molecule has 0 spiro atoms. The number of ether oxygens (including phenoxy) is 1. The van der Waals surface area contributed by atoms with Crippen LogP contribution in [-0.4, -0.2) is 40.6 Å². The molecule has 0 bridgehead atoms. The highest BCUT2D eigenvalue weighted by molar-refractivity contribution is 5.93. The van der Waals surface area contributed by atoms with Gasteiger partial charge in [0, 0.05) is 49.2 Å². The smallest absolute Gasteiger partial charge is 0.324 e. The number of carbonyl (C=O) groups is 1. The maximum absolute atomic E-state index is 13.4. The number of nitrogens with one attached hydrogen (secondary N) is 1. The number of fused-ring (bicyclic) bond motifs is 1. The number of rotatable bonds is 9. The molecule has 1 aliphatic heterocycles. The van der Waals surface area contributed by atoms with Gasteiger partial charge in [-0.3, -0.25) is 4.90 Å². The van der Waals surface area contributed by atoms with Gasteiger partial charge in [0.15, 0.2) is 0 Å². The SMILES string of the molecule is CCCCCOc1cc(N2CCCN(Cc3ccnc4[nH]ccc34)C2=O)ccc1C1CC1. The summed E-state index contributed by atoms with van der Waals surface area (Å²) in [6.45, 7) is 5.04. The standard InChI is InChI=1S/C26H32N4O2/c1-2-3-4-16-32-24-17-21(8-9-22(24)19-6-7-19)30-15-5-14-29(26(30)31)18-20-10-12-27-25-23(20)11-13-28-25/h8-13,17,19H,2-7,14-16,18H2,1H3,(H,27,28). The van der Waals surface area contributed by atoms with E-state index in [0.717, 1.165) is 60.6 Å². The minimum atomic E-state index is 0.0628. The van der Waals surface area contributed by atoms with Crippen molar-refractivity contribution in [2.45, 2.75) is 57.9 Å². The Labute approximate surface area is 189 Å². The van der Waals surface area contributed by atoms with E-state index in [4.69, 9.17) is 4.74 Å². The Morgan fingerprint density at radius 3 is 2.91 bits per heavy atom. The van der Waals surface area contributed by atoms with Crippen LogP contribution in [-0.2, 0) is 6.54 Å². The Balaban J connectivity index is 1.34. The van der Waals surface area contributed by atoms with Gasteiger partial charge in [0.2, 0.25) is 0 Å². The Morgan fingerprint density at radius 1 is 1.16 bits per heavy atom. The minimum absolute atomic E-state index is 0.0628. The van der Waals surface area contributed by atoms with Gasteiger partial charge >= 0.3 is 6.03 Å². The molecule has 0 unspecified atom stereocenters. The van der Waals surface area contributed by atoms with E-state index in [1.807, 2.05) is 28.1 Å². The van der Waals surface area contributed by atoms with E-state index in [1.54, 1.807) is 6.20 Å². The number of amides is 2. The van der Waals surface area contributed by atoms with Crippen molar-refractivity contribution in [3.8, 4) is 5.75 Å². The highest BCUT2D eigenvalue weighted by Crippen LogP contribution is 2.45.